The van der Waals surface area contributed by atoms with E-state index in [1.807, 2.05) is 30.3 Å². The Morgan fingerprint density at radius 1 is 0.700 bits per heavy atom. The Labute approximate surface area is 177 Å². The van der Waals surface area contributed by atoms with Crippen LogP contribution in [0.1, 0.15) is 23.1 Å². The minimum atomic E-state index is -0.220. The van der Waals surface area contributed by atoms with Crippen LogP contribution in [-0.4, -0.2) is 13.7 Å². The molecule has 0 fully saturated rings. The molecule has 0 aromatic heterocycles. The third kappa shape index (κ3) is 4.95. The number of fused-ring (bicyclic) bond motifs is 1. The number of ether oxygens (including phenoxy) is 1. The number of halogens is 1. The molecule has 0 amide bonds. The number of methoxy groups -OCH3 is 1. The van der Waals surface area contributed by atoms with Crippen LogP contribution in [0.25, 0.3) is 21.9 Å². The molecule has 0 unspecified atom stereocenters. The average molecular weight is 394 g/mol. The first-order valence-electron chi connectivity index (χ1n) is 10.1. The first-order valence-corrected chi connectivity index (χ1v) is 10.1. The van der Waals surface area contributed by atoms with Gasteiger partial charge in [0.05, 0.1) is 0 Å². The van der Waals surface area contributed by atoms with Crippen LogP contribution in [-0.2, 0) is 11.2 Å². The Kier molecular flexibility index (Phi) is 6.23. The fourth-order valence-electron chi connectivity index (χ4n) is 3.47. The molecular weight excluding hydrogens is 371 g/mol. The number of hydrogen-bond acceptors (Lipinski definition) is 1. The van der Waals surface area contributed by atoms with E-state index in [4.69, 9.17) is 4.74 Å². The van der Waals surface area contributed by atoms with Crippen molar-refractivity contribution in [1.82, 2.24) is 0 Å². The van der Waals surface area contributed by atoms with Gasteiger partial charge in [0.15, 0.2) is 0 Å². The Balaban J connectivity index is 1.46. The third-order valence-electron chi connectivity index (χ3n) is 5.14. The highest BCUT2D eigenvalue weighted by Crippen LogP contribution is 2.21. The smallest absolute Gasteiger partial charge is 0.123 e. The summed E-state index contributed by atoms with van der Waals surface area (Å²) >= 11 is 0. The summed E-state index contributed by atoms with van der Waals surface area (Å²) in [7, 11) is 1.74. The summed E-state index contributed by atoms with van der Waals surface area (Å²) in [4.78, 5) is 0. The zero-order valence-corrected chi connectivity index (χ0v) is 17.0. The fraction of sp³-hybridized carbons (Fsp3) is 0.143. The monoisotopic (exact) mass is 394 g/mol. The lowest BCUT2D eigenvalue weighted by Gasteiger charge is -2.05. The summed E-state index contributed by atoms with van der Waals surface area (Å²) in [5.74, 6) is 6.20. The van der Waals surface area contributed by atoms with Gasteiger partial charge in [-0.1, -0.05) is 60.4 Å². The first kappa shape index (κ1) is 19.9. The van der Waals surface area contributed by atoms with Gasteiger partial charge in [-0.05, 0) is 76.7 Å². The SMILES string of the molecule is COCCCc1ccc(-c2ccc(C#Cc3ccc4cc(F)ccc4c3)cc2)cc1. The van der Waals surface area contributed by atoms with Gasteiger partial charge in [-0.15, -0.1) is 0 Å². The van der Waals surface area contributed by atoms with Crippen LogP contribution in [0.3, 0.4) is 0 Å². The highest BCUT2D eigenvalue weighted by atomic mass is 19.1. The molecule has 30 heavy (non-hydrogen) atoms. The Morgan fingerprint density at radius 2 is 1.30 bits per heavy atom. The standard InChI is InChI=1S/C28H23FO/c1-30-18-2-3-21-6-11-24(12-7-21)25-13-8-22(9-14-25)4-5-23-10-15-27-20-28(29)17-16-26(27)19-23/h6-17,19-20H,2-3,18H2,1H3. The lowest BCUT2D eigenvalue weighted by Crippen LogP contribution is -1.92. The van der Waals surface area contributed by atoms with Crippen LogP contribution in [0.15, 0.2) is 84.9 Å². The molecule has 0 atom stereocenters. The molecule has 0 aliphatic carbocycles. The van der Waals surface area contributed by atoms with Gasteiger partial charge in [0, 0.05) is 24.8 Å². The summed E-state index contributed by atoms with van der Waals surface area (Å²) < 4.78 is 18.4. The van der Waals surface area contributed by atoms with Gasteiger partial charge in [-0.2, -0.15) is 0 Å². The van der Waals surface area contributed by atoms with Crippen LogP contribution in [0.2, 0.25) is 0 Å². The van der Waals surface area contributed by atoms with E-state index in [9.17, 15) is 4.39 Å². The normalized spacial score (nSPS) is 10.6. The Bertz CT molecular complexity index is 1200. The maximum atomic E-state index is 13.3. The van der Waals surface area contributed by atoms with E-state index in [2.05, 4.69) is 48.2 Å². The number of hydrogen-bond donors (Lipinski definition) is 0. The summed E-state index contributed by atoms with van der Waals surface area (Å²) in [6.07, 6.45) is 2.07. The van der Waals surface area contributed by atoms with Crippen molar-refractivity contribution >= 4 is 10.8 Å². The molecule has 4 aromatic carbocycles. The molecule has 1 nitrogen and oxygen atoms in total. The molecule has 2 heteroatoms. The van der Waals surface area contributed by atoms with Gasteiger partial charge in [0.1, 0.15) is 5.82 Å². The minimum Gasteiger partial charge on any atom is -0.385 e. The number of aryl methyl sites for hydroxylation is 1. The van der Waals surface area contributed by atoms with Crippen LogP contribution >= 0.6 is 0 Å². The van der Waals surface area contributed by atoms with Crippen LogP contribution in [0.5, 0.6) is 0 Å². The Morgan fingerprint density at radius 3 is 2.03 bits per heavy atom. The molecule has 0 aliphatic rings. The van der Waals surface area contributed by atoms with Crippen LogP contribution in [0, 0.1) is 17.7 Å². The van der Waals surface area contributed by atoms with Crippen molar-refractivity contribution < 1.29 is 9.13 Å². The van der Waals surface area contributed by atoms with Crippen molar-refractivity contribution in [2.75, 3.05) is 13.7 Å². The maximum Gasteiger partial charge on any atom is 0.123 e. The van der Waals surface area contributed by atoms with Gasteiger partial charge in [-0.25, -0.2) is 4.39 Å². The largest absolute Gasteiger partial charge is 0.385 e. The minimum absolute atomic E-state index is 0.220. The van der Waals surface area contributed by atoms with Crippen LogP contribution in [0.4, 0.5) is 4.39 Å². The van der Waals surface area contributed by atoms with E-state index < -0.39 is 0 Å². The molecule has 148 valence electrons. The molecule has 4 aromatic rings. The van der Waals surface area contributed by atoms with E-state index in [0.717, 1.165) is 41.3 Å². The van der Waals surface area contributed by atoms with E-state index in [1.165, 1.54) is 28.8 Å². The molecule has 0 bridgehead atoms. The second kappa shape index (κ2) is 9.39. The third-order valence-corrected chi connectivity index (χ3v) is 5.14. The lowest BCUT2D eigenvalue weighted by atomic mass is 10.0. The molecule has 0 spiro atoms. The highest BCUT2D eigenvalue weighted by Gasteiger charge is 2.00. The van der Waals surface area contributed by atoms with Crippen molar-refractivity contribution in [1.29, 1.82) is 0 Å². The highest BCUT2D eigenvalue weighted by molar-refractivity contribution is 5.84. The van der Waals surface area contributed by atoms with E-state index in [1.54, 1.807) is 13.2 Å². The zero-order chi connectivity index (χ0) is 20.8. The predicted octanol–water partition coefficient (Wildman–Crippen LogP) is 6.62. The number of rotatable bonds is 5. The zero-order valence-electron chi connectivity index (χ0n) is 17.0. The van der Waals surface area contributed by atoms with Gasteiger partial charge >= 0.3 is 0 Å². The van der Waals surface area contributed by atoms with Crippen molar-refractivity contribution in [2.24, 2.45) is 0 Å². The van der Waals surface area contributed by atoms with Crippen molar-refractivity contribution in [3.05, 3.63) is 107 Å². The topological polar surface area (TPSA) is 9.23 Å². The van der Waals surface area contributed by atoms with Crippen molar-refractivity contribution in [3.8, 4) is 23.0 Å². The average Bonchev–Trinajstić information content (AvgIpc) is 2.79. The predicted molar refractivity (Wildman–Crippen MR) is 122 cm³/mol. The lowest BCUT2D eigenvalue weighted by molar-refractivity contribution is 0.195. The van der Waals surface area contributed by atoms with Crippen molar-refractivity contribution in [2.45, 2.75) is 12.8 Å². The van der Waals surface area contributed by atoms with Gasteiger partial charge in [-0.3, -0.25) is 0 Å². The molecule has 0 heterocycles. The van der Waals surface area contributed by atoms with Gasteiger partial charge < -0.3 is 4.74 Å². The Hall–Kier alpha value is -3.41. The number of benzene rings is 4. The quantitative estimate of drug-likeness (QED) is 0.273. The van der Waals surface area contributed by atoms with Crippen molar-refractivity contribution in [3.63, 3.8) is 0 Å². The summed E-state index contributed by atoms with van der Waals surface area (Å²) in [6, 6.07) is 27.6. The van der Waals surface area contributed by atoms with E-state index >= 15 is 0 Å². The first-order chi connectivity index (χ1) is 14.7. The molecule has 0 saturated carbocycles. The van der Waals surface area contributed by atoms with Gasteiger partial charge in [0.2, 0.25) is 0 Å². The molecule has 0 N–H and O–H groups in total. The molecule has 4 rings (SSSR count). The fourth-order valence-corrected chi connectivity index (χ4v) is 3.47. The van der Waals surface area contributed by atoms with Gasteiger partial charge in [0.25, 0.3) is 0 Å². The van der Waals surface area contributed by atoms with E-state index in [-0.39, 0.29) is 5.82 Å². The molecular formula is C28H23FO. The summed E-state index contributed by atoms with van der Waals surface area (Å²) in [5.41, 5.74) is 5.59. The second-order valence-electron chi connectivity index (χ2n) is 7.33. The second-order valence-corrected chi connectivity index (χ2v) is 7.33. The maximum absolute atomic E-state index is 13.3. The molecule has 0 radical (unpaired) electrons. The van der Waals surface area contributed by atoms with E-state index in [0.29, 0.717) is 0 Å². The summed E-state index contributed by atoms with van der Waals surface area (Å²) in [6.45, 7) is 0.794. The molecule has 0 saturated heterocycles. The summed E-state index contributed by atoms with van der Waals surface area (Å²) in [5, 5.41) is 1.87. The van der Waals surface area contributed by atoms with Crippen LogP contribution < -0.4 is 0 Å². The molecule has 0 aliphatic heterocycles.